The van der Waals surface area contributed by atoms with Crippen LogP contribution in [-0.2, 0) is 4.79 Å². The normalized spacial score (nSPS) is 11.6. The molecule has 2 rings (SSSR count). The van der Waals surface area contributed by atoms with Gasteiger partial charge in [-0.2, -0.15) is 0 Å². The molecule has 1 aromatic heterocycles. The first-order valence-electron chi connectivity index (χ1n) is 6.42. The number of rotatable bonds is 4. The van der Waals surface area contributed by atoms with Gasteiger partial charge in [-0.25, -0.2) is 0 Å². The number of aromatic amines is 1. The summed E-state index contributed by atoms with van der Waals surface area (Å²) in [5.74, 6) is -1.20. The molecule has 2 aromatic rings. The van der Waals surface area contributed by atoms with Crippen LogP contribution in [0.3, 0.4) is 0 Å². The number of nitrogens with one attached hydrogen (secondary N) is 2. The van der Waals surface area contributed by atoms with Gasteiger partial charge in [0.15, 0.2) is 0 Å². The molecule has 0 saturated heterocycles. The van der Waals surface area contributed by atoms with Gasteiger partial charge in [-0.3, -0.25) is 9.59 Å². The number of H-pyrrole nitrogens is 1. The highest BCUT2D eigenvalue weighted by molar-refractivity contribution is 6.08. The zero-order chi connectivity index (χ0) is 14.9. The van der Waals surface area contributed by atoms with E-state index in [-0.39, 0.29) is 12.3 Å². The highest BCUT2D eigenvalue weighted by Crippen LogP contribution is 2.22. The molecular weight excluding hydrogens is 256 g/mol. The molecule has 106 valence electrons. The fourth-order valence-electron chi connectivity index (χ4n) is 2.36. The van der Waals surface area contributed by atoms with Crippen molar-refractivity contribution in [2.45, 2.75) is 32.7 Å². The Morgan fingerprint density at radius 3 is 2.60 bits per heavy atom. The van der Waals surface area contributed by atoms with Crippen LogP contribution in [0.2, 0.25) is 0 Å². The Labute approximate surface area is 117 Å². The Morgan fingerprint density at radius 1 is 1.30 bits per heavy atom. The molecule has 3 N–H and O–H groups in total. The van der Waals surface area contributed by atoms with Crippen molar-refractivity contribution in [3.63, 3.8) is 0 Å². The van der Waals surface area contributed by atoms with Gasteiger partial charge in [0.1, 0.15) is 0 Å². The van der Waals surface area contributed by atoms with Crippen LogP contribution in [0.1, 0.15) is 36.3 Å². The maximum Gasteiger partial charge on any atom is 0.305 e. The van der Waals surface area contributed by atoms with Gasteiger partial charge in [-0.1, -0.05) is 18.2 Å². The maximum absolute atomic E-state index is 12.4. The first-order chi connectivity index (χ1) is 9.30. The summed E-state index contributed by atoms with van der Waals surface area (Å²) >= 11 is 0. The summed E-state index contributed by atoms with van der Waals surface area (Å²) in [5, 5.41) is 12.5. The number of carboxylic acids is 1. The molecule has 1 heterocycles. The van der Waals surface area contributed by atoms with Crippen LogP contribution < -0.4 is 5.32 Å². The zero-order valence-electron chi connectivity index (χ0n) is 11.8. The Morgan fingerprint density at radius 2 is 1.95 bits per heavy atom. The molecule has 0 unspecified atom stereocenters. The van der Waals surface area contributed by atoms with Crippen LogP contribution in [0.25, 0.3) is 10.9 Å². The number of carbonyl (C=O) groups excluding carboxylic acids is 1. The number of aliphatic carboxylic acids is 1. The summed E-state index contributed by atoms with van der Waals surface area (Å²) in [6.07, 6.45) is -0.125. The van der Waals surface area contributed by atoms with Gasteiger partial charge in [0.05, 0.1) is 12.0 Å². The Kier molecular flexibility index (Phi) is 3.53. The van der Waals surface area contributed by atoms with Crippen molar-refractivity contribution < 1.29 is 14.7 Å². The Balaban J connectivity index is 2.32. The topological polar surface area (TPSA) is 82.2 Å². The van der Waals surface area contributed by atoms with Gasteiger partial charge in [0.2, 0.25) is 0 Å². The van der Waals surface area contributed by atoms with E-state index in [1.54, 1.807) is 13.8 Å². The largest absolute Gasteiger partial charge is 0.481 e. The van der Waals surface area contributed by atoms with Crippen LogP contribution in [-0.4, -0.2) is 27.5 Å². The first-order valence-corrected chi connectivity index (χ1v) is 6.42. The number of carbonyl (C=O) groups is 2. The lowest BCUT2D eigenvalue weighted by atomic mass is 9.99. The van der Waals surface area contributed by atoms with E-state index in [4.69, 9.17) is 5.11 Å². The maximum atomic E-state index is 12.4. The van der Waals surface area contributed by atoms with Gasteiger partial charge < -0.3 is 15.4 Å². The molecule has 0 fully saturated rings. The van der Waals surface area contributed by atoms with Crippen LogP contribution >= 0.6 is 0 Å². The van der Waals surface area contributed by atoms with Crippen molar-refractivity contribution in [2.24, 2.45) is 0 Å². The number of para-hydroxylation sites is 1. The van der Waals surface area contributed by atoms with Gasteiger partial charge in [0.25, 0.3) is 5.91 Å². The molecular formula is C15H18N2O3. The summed E-state index contributed by atoms with van der Waals surface area (Å²) in [6.45, 7) is 5.23. The summed E-state index contributed by atoms with van der Waals surface area (Å²) in [4.78, 5) is 26.4. The van der Waals surface area contributed by atoms with Gasteiger partial charge in [0, 0.05) is 22.1 Å². The highest BCUT2D eigenvalue weighted by Gasteiger charge is 2.26. The van der Waals surface area contributed by atoms with E-state index in [9.17, 15) is 9.59 Å². The molecule has 1 aromatic carbocycles. The minimum atomic E-state index is -0.939. The second-order valence-electron chi connectivity index (χ2n) is 5.58. The summed E-state index contributed by atoms with van der Waals surface area (Å²) in [5.41, 5.74) is 1.44. The summed E-state index contributed by atoms with van der Waals surface area (Å²) in [6, 6.07) is 7.54. The van der Waals surface area contributed by atoms with E-state index in [0.29, 0.717) is 5.56 Å². The van der Waals surface area contributed by atoms with Crippen molar-refractivity contribution in [1.29, 1.82) is 0 Å². The number of benzene rings is 1. The zero-order valence-corrected chi connectivity index (χ0v) is 11.8. The predicted octanol–water partition coefficient (Wildman–Crippen LogP) is 2.46. The van der Waals surface area contributed by atoms with E-state index in [1.807, 2.05) is 31.2 Å². The number of fused-ring (bicyclic) bond motifs is 1. The van der Waals surface area contributed by atoms with Crippen LogP contribution in [0, 0.1) is 6.92 Å². The van der Waals surface area contributed by atoms with Gasteiger partial charge >= 0.3 is 5.97 Å². The quantitative estimate of drug-likeness (QED) is 0.801. The van der Waals surface area contributed by atoms with Crippen molar-refractivity contribution >= 4 is 22.8 Å². The van der Waals surface area contributed by atoms with Crippen LogP contribution in [0.5, 0.6) is 0 Å². The van der Waals surface area contributed by atoms with E-state index >= 15 is 0 Å². The number of hydrogen-bond donors (Lipinski definition) is 3. The number of hydrogen-bond acceptors (Lipinski definition) is 2. The van der Waals surface area contributed by atoms with Crippen molar-refractivity contribution in [1.82, 2.24) is 10.3 Å². The average Bonchev–Trinajstić information content (AvgIpc) is 2.61. The van der Waals surface area contributed by atoms with Crippen molar-refractivity contribution in [2.75, 3.05) is 0 Å². The van der Waals surface area contributed by atoms with E-state index < -0.39 is 11.5 Å². The van der Waals surface area contributed by atoms with Crippen LogP contribution in [0.4, 0.5) is 0 Å². The molecule has 0 aliphatic carbocycles. The van der Waals surface area contributed by atoms with E-state index in [1.165, 1.54) is 0 Å². The van der Waals surface area contributed by atoms with Crippen LogP contribution in [0.15, 0.2) is 24.3 Å². The van der Waals surface area contributed by atoms with Crippen molar-refractivity contribution in [3.8, 4) is 0 Å². The van der Waals surface area contributed by atoms with E-state index in [2.05, 4.69) is 10.3 Å². The lowest BCUT2D eigenvalue weighted by molar-refractivity contribution is -0.138. The predicted molar refractivity (Wildman–Crippen MR) is 76.8 cm³/mol. The molecule has 0 aliphatic rings. The standard InChI is InChI=1S/C15H18N2O3/c1-9-13(10-6-4-5-7-11(10)16-9)14(20)17-15(2,3)8-12(18)19/h4-7,16H,8H2,1-3H3,(H,17,20)(H,18,19). The molecule has 0 saturated carbocycles. The second-order valence-corrected chi connectivity index (χ2v) is 5.58. The molecule has 0 atom stereocenters. The number of amides is 1. The molecule has 5 nitrogen and oxygen atoms in total. The second kappa shape index (κ2) is 5.00. The molecule has 20 heavy (non-hydrogen) atoms. The number of aromatic nitrogens is 1. The molecule has 0 radical (unpaired) electrons. The Bertz CT molecular complexity index is 671. The smallest absolute Gasteiger partial charge is 0.305 e. The number of carboxylic acid groups (broad SMARTS) is 1. The lowest BCUT2D eigenvalue weighted by Crippen LogP contribution is -2.45. The molecule has 5 heteroatoms. The SMILES string of the molecule is Cc1[nH]c2ccccc2c1C(=O)NC(C)(C)CC(=O)O. The summed E-state index contributed by atoms with van der Waals surface area (Å²) in [7, 11) is 0. The monoisotopic (exact) mass is 274 g/mol. The highest BCUT2D eigenvalue weighted by atomic mass is 16.4. The third-order valence-electron chi connectivity index (χ3n) is 3.17. The van der Waals surface area contributed by atoms with E-state index in [0.717, 1.165) is 16.6 Å². The van der Waals surface area contributed by atoms with Gasteiger partial charge in [-0.15, -0.1) is 0 Å². The lowest BCUT2D eigenvalue weighted by Gasteiger charge is -2.24. The van der Waals surface area contributed by atoms with Crippen molar-refractivity contribution in [3.05, 3.63) is 35.5 Å². The fraction of sp³-hybridized carbons (Fsp3) is 0.333. The third kappa shape index (κ3) is 2.82. The Hall–Kier alpha value is -2.30. The van der Waals surface area contributed by atoms with Gasteiger partial charge in [-0.05, 0) is 26.8 Å². The summed E-state index contributed by atoms with van der Waals surface area (Å²) < 4.78 is 0. The molecule has 0 aliphatic heterocycles. The minimum Gasteiger partial charge on any atom is -0.481 e. The number of aryl methyl sites for hydroxylation is 1. The first kappa shape index (κ1) is 14.1. The minimum absolute atomic E-state index is 0.125. The molecule has 0 spiro atoms. The fourth-order valence-corrected chi connectivity index (χ4v) is 2.36. The molecule has 0 bridgehead atoms. The third-order valence-corrected chi connectivity index (χ3v) is 3.17. The average molecular weight is 274 g/mol. The molecule has 1 amide bonds.